The fraction of sp³-hybridized carbons (Fsp3) is 0.647. The molecule has 0 spiro atoms. The van der Waals surface area contributed by atoms with E-state index in [1.54, 1.807) is 18.2 Å². The number of ether oxygens (including phenoxy) is 1. The molecule has 128 valence electrons. The van der Waals surface area contributed by atoms with E-state index in [0.717, 1.165) is 32.5 Å². The van der Waals surface area contributed by atoms with Crippen LogP contribution in [0.1, 0.15) is 31.2 Å². The molecule has 0 aromatic heterocycles. The summed E-state index contributed by atoms with van der Waals surface area (Å²) in [7, 11) is 0. The van der Waals surface area contributed by atoms with Crippen molar-refractivity contribution in [3.8, 4) is 5.75 Å². The van der Waals surface area contributed by atoms with Crippen molar-refractivity contribution in [3.05, 3.63) is 29.8 Å². The van der Waals surface area contributed by atoms with Gasteiger partial charge in [-0.25, -0.2) is 0 Å². The van der Waals surface area contributed by atoms with Crippen LogP contribution < -0.4 is 10.1 Å². The Kier molecular flexibility index (Phi) is 5.11. The van der Waals surface area contributed by atoms with Gasteiger partial charge < -0.3 is 10.1 Å². The van der Waals surface area contributed by atoms with E-state index in [4.69, 9.17) is 0 Å². The van der Waals surface area contributed by atoms with E-state index in [1.807, 2.05) is 0 Å². The standard InChI is InChI=1S/C17H23F3N2O/c18-17(19,20)23-16-6-2-1-4-14(16)12-22-10-7-13(8-11-22)15-5-3-9-21-15/h1-2,4,6,13,15,21H,3,5,7-12H2. The number of halogens is 3. The molecule has 0 amide bonds. The zero-order chi connectivity index (χ0) is 16.3. The van der Waals surface area contributed by atoms with Gasteiger partial charge in [0, 0.05) is 18.2 Å². The molecule has 0 saturated carbocycles. The quantitative estimate of drug-likeness (QED) is 0.915. The Morgan fingerprint density at radius 2 is 1.87 bits per heavy atom. The summed E-state index contributed by atoms with van der Waals surface area (Å²) in [5.41, 5.74) is 0.599. The number of alkyl halides is 3. The Hall–Kier alpha value is -1.27. The topological polar surface area (TPSA) is 24.5 Å². The minimum absolute atomic E-state index is 0.0837. The summed E-state index contributed by atoms with van der Waals surface area (Å²) in [6, 6.07) is 7.07. The van der Waals surface area contributed by atoms with Crippen LogP contribution in [0.25, 0.3) is 0 Å². The molecule has 1 atom stereocenters. The molecule has 2 aliphatic heterocycles. The summed E-state index contributed by atoms with van der Waals surface area (Å²) in [5, 5.41) is 3.56. The molecule has 2 saturated heterocycles. The third-order valence-electron chi connectivity index (χ3n) is 4.89. The fourth-order valence-electron chi connectivity index (χ4n) is 3.73. The van der Waals surface area contributed by atoms with E-state index >= 15 is 0 Å². The third-order valence-corrected chi connectivity index (χ3v) is 4.89. The van der Waals surface area contributed by atoms with Gasteiger partial charge >= 0.3 is 6.36 Å². The summed E-state index contributed by atoms with van der Waals surface area (Å²) in [4.78, 5) is 2.23. The zero-order valence-corrected chi connectivity index (χ0v) is 13.1. The lowest BCUT2D eigenvalue weighted by molar-refractivity contribution is -0.275. The molecule has 1 N–H and O–H groups in total. The van der Waals surface area contributed by atoms with Crippen molar-refractivity contribution >= 4 is 0 Å². The number of likely N-dealkylation sites (tertiary alicyclic amines) is 1. The van der Waals surface area contributed by atoms with Crippen LogP contribution in [0, 0.1) is 5.92 Å². The second kappa shape index (κ2) is 7.09. The van der Waals surface area contributed by atoms with Gasteiger partial charge in [0.2, 0.25) is 0 Å². The monoisotopic (exact) mass is 328 g/mol. The highest BCUT2D eigenvalue weighted by Gasteiger charge is 2.33. The summed E-state index contributed by atoms with van der Waals surface area (Å²) in [5.74, 6) is 0.620. The SMILES string of the molecule is FC(F)(F)Oc1ccccc1CN1CCC(C2CCCN2)CC1. The molecule has 3 nitrogen and oxygen atoms in total. The van der Waals surface area contributed by atoms with Crippen LogP contribution in [0.5, 0.6) is 5.75 Å². The van der Waals surface area contributed by atoms with Gasteiger partial charge in [0.25, 0.3) is 0 Å². The molecule has 0 radical (unpaired) electrons. The van der Waals surface area contributed by atoms with Crippen molar-refractivity contribution in [2.75, 3.05) is 19.6 Å². The molecule has 2 heterocycles. The lowest BCUT2D eigenvalue weighted by Gasteiger charge is -2.35. The van der Waals surface area contributed by atoms with Gasteiger partial charge in [0.1, 0.15) is 5.75 Å². The van der Waals surface area contributed by atoms with Crippen LogP contribution >= 0.6 is 0 Å². The summed E-state index contributed by atoms with van der Waals surface area (Å²) >= 11 is 0. The Morgan fingerprint density at radius 1 is 1.13 bits per heavy atom. The van der Waals surface area contributed by atoms with E-state index < -0.39 is 6.36 Å². The zero-order valence-electron chi connectivity index (χ0n) is 13.1. The van der Waals surface area contributed by atoms with Gasteiger partial charge in [-0.2, -0.15) is 0 Å². The third kappa shape index (κ3) is 4.61. The lowest BCUT2D eigenvalue weighted by atomic mass is 9.88. The van der Waals surface area contributed by atoms with Crippen molar-refractivity contribution in [3.63, 3.8) is 0 Å². The maximum atomic E-state index is 12.5. The molecule has 2 aliphatic rings. The number of nitrogens with one attached hydrogen (secondary N) is 1. The molecule has 23 heavy (non-hydrogen) atoms. The van der Waals surface area contributed by atoms with Crippen LogP contribution in [0.15, 0.2) is 24.3 Å². The smallest absolute Gasteiger partial charge is 0.405 e. The highest BCUT2D eigenvalue weighted by molar-refractivity contribution is 5.33. The highest BCUT2D eigenvalue weighted by Crippen LogP contribution is 2.30. The highest BCUT2D eigenvalue weighted by atomic mass is 19.4. The predicted octanol–water partition coefficient (Wildman–Crippen LogP) is 3.55. The second-order valence-electron chi connectivity index (χ2n) is 6.47. The van der Waals surface area contributed by atoms with Gasteiger partial charge in [0.15, 0.2) is 0 Å². The van der Waals surface area contributed by atoms with E-state index in [9.17, 15) is 13.2 Å². The molecular weight excluding hydrogens is 305 g/mol. The first-order valence-corrected chi connectivity index (χ1v) is 8.31. The molecule has 2 fully saturated rings. The fourth-order valence-corrected chi connectivity index (χ4v) is 3.73. The number of hydrogen-bond donors (Lipinski definition) is 1. The minimum atomic E-state index is -4.64. The van der Waals surface area contributed by atoms with Gasteiger partial charge in [-0.1, -0.05) is 18.2 Å². The molecule has 1 unspecified atom stereocenters. The van der Waals surface area contributed by atoms with Gasteiger partial charge in [-0.05, 0) is 57.3 Å². The molecule has 1 aromatic rings. The van der Waals surface area contributed by atoms with Gasteiger partial charge in [-0.15, -0.1) is 13.2 Å². The van der Waals surface area contributed by atoms with Crippen molar-refractivity contribution in [1.82, 2.24) is 10.2 Å². The van der Waals surface area contributed by atoms with E-state index in [2.05, 4.69) is 15.0 Å². The van der Waals surface area contributed by atoms with E-state index in [1.165, 1.54) is 18.9 Å². The minimum Gasteiger partial charge on any atom is -0.405 e. The average molecular weight is 328 g/mol. The molecule has 1 aromatic carbocycles. The largest absolute Gasteiger partial charge is 0.573 e. The number of benzene rings is 1. The summed E-state index contributed by atoms with van der Waals surface area (Å²) in [6.45, 7) is 3.50. The molecular formula is C17H23F3N2O. The first-order chi connectivity index (χ1) is 11.0. The number of nitrogens with zero attached hydrogens (tertiary/aromatic N) is 1. The molecule has 6 heteroatoms. The Balaban J connectivity index is 1.56. The summed E-state index contributed by atoms with van der Waals surface area (Å²) < 4.78 is 41.6. The van der Waals surface area contributed by atoms with Crippen LogP contribution in [-0.4, -0.2) is 36.9 Å². The number of rotatable bonds is 4. The Bertz CT molecular complexity index is 507. The molecule has 3 rings (SSSR count). The summed E-state index contributed by atoms with van der Waals surface area (Å²) in [6.07, 6.45) is 0.0944. The van der Waals surface area contributed by atoms with Crippen molar-refractivity contribution in [2.45, 2.75) is 44.6 Å². The maximum absolute atomic E-state index is 12.5. The van der Waals surface area contributed by atoms with Crippen LogP contribution in [0.4, 0.5) is 13.2 Å². The normalized spacial score (nSPS) is 24.0. The van der Waals surface area contributed by atoms with Crippen molar-refractivity contribution in [1.29, 1.82) is 0 Å². The Labute approximate surface area is 134 Å². The van der Waals surface area contributed by atoms with Gasteiger partial charge in [0.05, 0.1) is 0 Å². The van der Waals surface area contributed by atoms with Crippen LogP contribution in [-0.2, 0) is 6.54 Å². The number of piperidine rings is 1. The molecule has 0 bridgehead atoms. The van der Waals surface area contributed by atoms with Crippen molar-refractivity contribution in [2.24, 2.45) is 5.92 Å². The number of para-hydroxylation sites is 1. The Morgan fingerprint density at radius 3 is 2.52 bits per heavy atom. The first-order valence-electron chi connectivity index (χ1n) is 8.31. The van der Waals surface area contributed by atoms with E-state index in [-0.39, 0.29) is 5.75 Å². The second-order valence-corrected chi connectivity index (χ2v) is 6.47. The lowest BCUT2D eigenvalue weighted by Crippen LogP contribution is -2.40. The first kappa shape index (κ1) is 16.6. The maximum Gasteiger partial charge on any atom is 0.573 e. The van der Waals surface area contributed by atoms with Gasteiger partial charge in [-0.3, -0.25) is 4.90 Å². The van der Waals surface area contributed by atoms with E-state index in [0.29, 0.717) is 24.1 Å². The van der Waals surface area contributed by atoms with Crippen LogP contribution in [0.3, 0.4) is 0 Å². The van der Waals surface area contributed by atoms with Crippen molar-refractivity contribution < 1.29 is 17.9 Å². The average Bonchev–Trinajstić information content (AvgIpc) is 3.03. The van der Waals surface area contributed by atoms with Crippen LogP contribution in [0.2, 0.25) is 0 Å². The predicted molar refractivity (Wildman–Crippen MR) is 82.2 cm³/mol. The molecule has 0 aliphatic carbocycles. The number of hydrogen-bond acceptors (Lipinski definition) is 3.